The predicted octanol–water partition coefficient (Wildman–Crippen LogP) is 1.32. The van der Waals surface area contributed by atoms with Crippen LogP contribution in [0.5, 0.6) is 0 Å². The van der Waals surface area contributed by atoms with Crippen molar-refractivity contribution in [1.82, 2.24) is 9.78 Å². The van der Waals surface area contributed by atoms with Crippen molar-refractivity contribution in [3.8, 4) is 0 Å². The highest BCUT2D eigenvalue weighted by atomic mass is 32.1. The third-order valence-corrected chi connectivity index (χ3v) is 2.67. The Balaban J connectivity index is 2.20. The van der Waals surface area contributed by atoms with Crippen molar-refractivity contribution >= 4 is 28.7 Å². The number of aromatic nitrogens is 2. The first-order valence-electron chi connectivity index (χ1n) is 4.29. The van der Waals surface area contributed by atoms with Gasteiger partial charge >= 0.3 is 0 Å². The Hall–Kier alpha value is -1.82. The van der Waals surface area contributed by atoms with Gasteiger partial charge in [-0.05, 0) is 11.4 Å². The van der Waals surface area contributed by atoms with Gasteiger partial charge in [0.2, 0.25) is 0 Å². The van der Waals surface area contributed by atoms with Gasteiger partial charge in [-0.1, -0.05) is 0 Å². The van der Waals surface area contributed by atoms with Crippen molar-refractivity contribution in [1.29, 1.82) is 0 Å². The molecule has 0 aliphatic rings. The number of nitrogens with one attached hydrogen (secondary N) is 1. The number of amides is 1. The van der Waals surface area contributed by atoms with Gasteiger partial charge in [0.25, 0.3) is 5.91 Å². The summed E-state index contributed by atoms with van der Waals surface area (Å²) in [4.78, 5) is 11.7. The van der Waals surface area contributed by atoms with Gasteiger partial charge in [0, 0.05) is 12.4 Å². The van der Waals surface area contributed by atoms with Crippen molar-refractivity contribution in [3.05, 3.63) is 28.6 Å². The van der Waals surface area contributed by atoms with Gasteiger partial charge in [0.05, 0.1) is 17.4 Å². The molecule has 0 spiro atoms. The van der Waals surface area contributed by atoms with Crippen molar-refractivity contribution in [2.75, 3.05) is 11.1 Å². The summed E-state index contributed by atoms with van der Waals surface area (Å²) >= 11 is 1.47. The minimum Gasteiger partial charge on any atom is -0.394 e. The molecule has 0 radical (unpaired) electrons. The van der Waals surface area contributed by atoms with E-state index in [1.54, 1.807) is 18.5 Å². The molecule has 2 heterocycles. The van der Waals surface area contributed by atoms with Crippen LogP contribution in [0.3, 0.4) is 0 Å². The molecular weight excluding hydrogens is 212 g/mol. The molecule has 6 heteroatoms. The van der Waals surface area contributed by atoms with E-state index in [0.717, 1.165) is 0 Å². The van der Waals surface area contributed by atoms with Crippen molar-refractivity contribution in [3.63, 3.8) is 0 Å². The van der Waals surface area contributed by atoms with E-state index >= 15 is 0 Å². The first-order chi connectivity index (χ1) is 7.18. The molecule has 2 rings (SSSR count). The lowest BCUT2D eigenvalue weighted by atomic mass is 10.3. The van der Waals surface area contributed by atoms with Gasteiger partial charge in [0.1, 0.15) is 0 Å². The summed E-state index contributed by atoms with van der Waals surface area (Å²) in [5.41, 5.74) is 6.73. The van der Waals surface area contributed by atoms with Crippen LogP contribution in [0.4, 0.5) is 11.5 Å². The summed E-state index contributed by atoms with van der Waals surface area (Å²) < 4.78 is 1.53. The molecule has 1 amide bonds. The number of nitrogen functional groups attached to an aromatic ring is 1. The zero-order chi connectivity index (χ0) is 10.8. The van der Waals surface area contributed by atoms with E-state index in [1.165, 1.54) is 22.2 Å². The molecule has 2 aromatic heterocycles. The Morgan fingerprint density at radius 1 is 1.67 bits per heavy atom. The molecule has 0 bridgehead atoms. The molecule has 78 valence electrons. The van der Waals surface area contributed by atoms with E-state index in [2.05, 4.69) is 10.4 Å². The number of hydrogen-bond acceptors (Lipinski definition) is 4. The van der Waals surface area contributed by atoms with Gasteiger partial charge in [-0.3, -0.25) is 9.48 Å². The summed E-state index contributed by atoms with van der Waals surface area (Å²) in [7, 11) is 1.72. The topological polar surface area (TPSA) is 72.9 Å². The highest BCUT2D eigenvalue weighted by Crippen LogP contribution is 2.17. The number of hydrogen-bond donors (Lipinski definition) is 2. The minimum atomic E-state index is -0.174. The number of aryl methyl sites for hydroxylation is 1. The molecule has 2 aromatic rings. The fourth-order valence-corrected chi connectivity index (χ4v) is 1.82. The molecule has 0 atom stereocenters. The molecule has 0 saturated carbocycles. The number of carbonyl (C=O) groups excluding carboxylic acids is 1. The van der Waals surface area contributed by atoms with E-state index < -0.39 is 0 Å². The van der Waals surface area contributed by atoms with Crippen LogP contribution in [0.1, 0.15) is 10.4 Å². The Labute approximate surface area is 90.5 Å². The van der Waals surface area contributed by atoms with E-state index in [-0.39, 0.29) is 5.91 Å². The lowest BCUT2D eigenvalue weighted by Gasteiger charge is -2.04. The van der Waals surface area contributed by atoms with E-state index in [0.29, 0.717) is 17.1 Å². The second-order valence-electron chi connectivity index (χ2n) is 3.04. The summed E-state index contributed by atoms with van der Waals surface area (Å²) in [5, 5.41) is 10.3. The average Bonchev–Trinajstić information content (AvgIpc) is 2.82. The predicted molar refractivity (Wildman–Crippen MR) is 59.9 cm³/mol. The average molecular weight is 222 g/mol. The Bertz CT molecular complexity index is 455. The molecule has 5 nitrogen and oxygen atoms in total. The molecule has 0 fully saturated rings. The van der Waals surface area contributed by atoms with Crippen molar-refractivity contribution in [2.24, 2.45) is 7.05 Å². The largest absolute Gasteiger partial charge is 0.394 e. The van der Waals surface area contributed by atoms with Crippen LogP contribution >= 0.6 is 11.3 Å². The Kier molecular flexibility index (Phi) is 2.42. The van der Waals surface area contributed by atoms with Gasteiger partial charge < -0.3 is 11.1 Å². The fourth-order valence-electron chi connectivity index (χ4n) is 1.18. The van der Waals surface area contributed by atoms with E-state index in [1.807, 2.05) is 5.38 Å². The van der Waals surface area contributed by atoms with Gasteiger partial charge in [0.15, 0.2) is 5.82 Å². The molecular formula is C9H10N4OS. The molecule has 0 aliphatic carbocycles. The summed E-state index contributed by atoms with van der Waals surface area (Å²) in [6.07, 6.45) is 1.50. The Morgan fingerprint density at radius 2 is 2.47 bits per heavy atom. The van der Waals surface area contributed by atoms with Crippen LogP contribution < -0.4 is 11.1 Å². The Morgan fingerprint density at radius 3 is 3.00 bits per heavy atom. The highest BCUT2D eigenvalue weighted by Gasteiger charge is 2.11. The number of thiophene rings is 1. The summed E-state index contributed by atoms with van der Waals surface area (Å²) in [6.45, 7) is 0. The van der Waals surface area contributed by atoms with Gasteiger partial charge in [-0.2, -0.15) is 16.4 Å². The molecule has 15 heavy (non-hydrogen) atoms. The second-order valence-corrected chi connectivity index (χ2v) is 3.82. The van der Waals surface area contributed by atoms with Crippen LogP contribution in [0.15, 0.2) is 23.0 Å². The van der Waals surface area contributed by atoms with Crippen molar-refractivity contribution in [2.45, 2.75) is 0 Å². The van der Waals surface area contributed by atoms with Gasteiger partial charge in [-0.25, -0.2) is 0 Å². The van der Waals surface area contributed by atoms with E-state index in [9.17, 15) is 4.79 Å². The number of carbonyl (C=O) groups is 1. The molecule has 0 aliphatic heterocycles. The third kappa shape index (κ3) is 1.84. The summed E-state index contributed by atoms with van der Waals surface area (Å²) in [6, 6.07) is 1.76. The number of anilines is 2. The summed E-state index contributed by atoms with van der Waals surface area (Å²) in [5.74, 6) is 0.345. The quantitative estimate of drug-likeness (QED) is 0.804. The zero-order valence-electron chi connectivity index (χ0n) is 8.10. The first kappa shape index (κ1) is 9.72. The minimum absolute atomic E-state index is 0.174. The standard InChI is InChI=1S/C9H10N4OS/c1-13-8(7(10)4-11-13)12-9(14)6-2-3-15-5-6/h2-5H,10H2,1H3,(H,12,14). The zero-order valence-corrected chi connectivity index (χ0v) is 8.91. The normalized spacial score (nSPS) is 10.2. The fraction of sp³-hybridized carbons (Fsp3) is 0.111. The van der Waals surface area contributed by atoms with Gasteiger partial charge in [-0.15, -0.1) is 0 Å². The first-order valence-corrected chi connectivity index (χ1v) is 5.24. The number of nitrogens with two attached hydrogens (primary N) is 1. The van der Waals surface area contributed by atoms with Crippen molar-refractivity contribution < 1.29 is 4.79 Å². The highest BCUT2D eigenvalue weighted by molar-refractivity contribution is 7.08. The maximum absolute atomic E-state index is 11.7. The molecule has 0 aromatic carbocycles. The van der Waals surface area contributed by atoms with Crippen LogP contribution in [-0.2, 0) is 7.05 Å². The van der Waals surface area contributed by atoms with E-state index in [4.69, 9.17) is 5.73 Å². The second kappa shape index (κ2) is 3.74. The lowest BCUT2D eigenvalue weighted by Crippen LogP contribution is -2.14. The SMILES string of the molecule is Cn1ncc(N)c1NC(=O)c1ccsc1. The van der Waals surface area contributed by atoms with Crippen LogP contribution in [-0.4, -0.2) is 15.7 Å². The third-order valence-electron chi connectivity index (χ3n) is 1.98. The lowest BCUT2D eigenvalue weighted by molar-refractivity contribution is 0.102. The van der Waals surface area contributed by atoms with Crippen LogP contribution in [0.25, 0.3) is 0 Å². The maximum atomic E-state index is 11.7. The van der Waals surface area contributed by atoms with Crippen LogP contribution in [0.2, 0.25) is 0 Å². The molecule has 0 unspecified atom stereocenters. The molecule has 3 N–H and O–H groups in total. The molecule has 0 saturated heterocycles. The number of rotatable bonds is 2. The van der Waals surface area contributed by atoms with Crippen LogP contribution in [0, 0.1) is 0 Å². The maximum Gasteiger partial charge on any atom is 0.257 e. The monoisotopic (exact) mass is 222 g/mol. The number of nitrogens with zero attached hydrogens (tertiary/aromatic N) is 2. The smallest absolute Gasteiger partial charge is 0.257 e.